The first-order valence-electron chi connectivity index (χ1n) is 3.57. The molecule has 0 saturated carbocycles. The van der Waals surface area contributed by atoms with Gasteiger partial charge in [0, 0.05) is 6.42 Å². The standard InChI is InChI=1S/C7H6ClN3O/c8-5-1-2-6-9-7(12)3-4-11(6)10-5/h1-2H,3-4H2. The van der Waals surface area contributed by atoms with Crippen LogP contribution in [0.2, 0.25) is 0 Å². The van der Waals surface area contributed by atoms with Gasteiger partial charge in [-0.25, -0.2) is 5.01 Å². The molecule has 0 aromatic rings. The van der Waals surface area contributed by atoms with Gasteiger partial charge in [-0.05, 0) is 12.2 Å². The van der Waals surface area contributed by atoms with Crippen molar-refractivity contribution in [3.63, 3.8) is 0 Å². The van der Waals surface area contributed by atoms with Crippen LogP contribution >= 0.6 is 11.6 Å². The topological polar surface area (TPSA) is 45.0 Å². The molecule has 0 atom stereocenters. The zero-order valence-corrected chi connectivity index (χ0v) is 6.95. The predicted molar refractivity (Wildman–Crippen MR) is 46.2 cm³/mol. The molecule has 0 N–H and O–H groups in total. The monoisotopic (exact) mass is 183 g/mol. The number of hydrazone groups is 1. The second-order valence-corrected chi connectivity index (χ2v) is 2.88. The van der Waals surface area contributed by atoms with Crippen molar-refractivity contribution in [1.82, 2.24) is 5.01 Å². The highest BCUT2D eigenvalue weighted by molar-refractivity contribution is 6.68. The number of allylic oxidation sites excluding steroid dienone is 1. The molecule has 2 aliphatic heterocycles. The summed E-state index contributed by atoms with van der Waals surface area (Å²) in [7, 11) is 0. The molecule has 0 fully saturated rings. The average Bonchev–Trinajstić information content (AvgIpc) is 2.05. The van der Waals surface area contributed by atoms with Gasteiger partial charge < -0.3 is 0 Å². The Bertz CT molecular complexity index is 319. The fourth-order valence-electron chi connectivity index (χ4n) is 1.07. The molecule has 2 heterocycles. The SMILES string of the molecule is O=C1CCN2N=C(Cl)C=CC2=N1. The van der Waals surface area contributed by atoms with Gasteiger partial charge >= 0.3 is 0 Å². The Morgan fingerprint density at radius 3 is 3.17 bits per heavy atom. The van der Waals surface area contributed by atoms with Crippen LogP contribution in [0, 0.1) is 0 Å². The van der Waals surface area contributed by atoms with E-state index in [9.17, 15) is 4.79 Å². The number of amidine groups is 1. The van der Waals surface area contributed by atoms with Crippen molar-refractivity contribution in [3.05, 3.63) is 12.2 Å². The van der Waals surface area contributed by atoms with Crippen molar-refractivity contribution in [2.45, 2.75) is 6.42 Å². The van der Waals surface area contributed by atoms with Crippen molar-refractivity contribution < 1.29 is 4.79 Å². The van der Waals surface area contributed by atoms with Crippen LogP contribution in [0.15, 0.2) is 22.2 Å². The van der Waals surface area contributed by atoms with E-state index in [1.165, 1.54) is 0 Å². The maximum absolute atomic E-state index is 10.9. The Balaban J connectivity index is 2.33. The molecule has 0 spiro atoms. The smallest absolute Gasteiger partial charge is 0.249 e. The number of fused-ring (bicyclic) bond motifs is 1. The molecule has 0 aromatic carbocycles. The first-order chi connectivity index (χ1) is 5.75. The van der Waals surface area contributed by atoms with Crippen molar-refractivity contribution in [2.24, 2.45) is 10.1 Å². The van der Waals surface area contributed by atoms with E-state index >= 15 is 0 Å². The lowest BCUT2D eigenvalue weighted by molar-refractivity contribution is -0.118. The van der Waals surface area contributed by atoms with Crippen LogP contribution in [0.5, 0.6) is 0 Å². The van der Waals surface area contributed by atoms with Crippen molar-refractivity contribution in [3.8, 4) is 0 Å². The number of carbonyl (C=O) groups excluding carboxylic acids is 1. The number of halogens is 1. The van der Waals surface area contributed by atoms with E-state index in [1.807, 2.05) is 0 Å². The molecule has 0 radical (unpaired) electrons. The Morgan fingerprint density at radius 2 is 2.33 bits per heavy atom. The minimum absolute atomic E-state index is 0.0980. The lowest BCUT2D eigenvalue weighted by atomic mass is 10.3. The van der Waals surface area contributed by atoms with Crippen LogP contribution in [-0.2, 0) is 4.79 Å². The van der Waals surface area contributed by atoms with Crippen molar-refractivity contribution >= 4 is 28.5 Å². The van der Waals surface area contributed by atoms with Crippen LogP contribution in [-0.4, -0.2) is 28.5 Å². The second-order valence-electron chi connectivity index (χ2n) is 2.49. The minimum atomic E-state index is -0.0980. The molecule has 5 heteroatoms. The molecule has 4 nitrogen and oxygen atoms in total. The van der Waals surface area contributed by atoms with Gasteiger partial charge in [-0.15, -0.1) is 0 Å². The summed E-state index contributed by atoms with van der Waals surface area (Å²) in [5.41, 5.74) is 0. The van der Waals surface area contributed by atoms with E-state index in [0.29, 0.717) is 24.0 Å². The summed E-state index contributed by atoms with van der Waals surface area (Å²) in [4.78, 5) is 14.7. The molecule has 1 amide bonds. The Morgan fingerprint density at radius 1 is 1.50 bits per heavy atom. The molecular formula is C7H6ClN3O. The van der Waals surface area contributed by atoms with Gasteiger partial charge in [-0.2, -0.15) is 10.1 Å². The number of amides is 1. The summed E-state index contributed by atoms with van der Waals surface area (Å²) in [6, 6.07) is 0. The normalized spacial score (nSPS) is 21.8. The molecular weight excluding hydrogens is 178 g/mol. The Hall–Kier alpha value is -1.16. The molecule has 0 saturated heterocycles. The number of rotatable bonds is 0. The lowest BCUT2D eigenvalue weighted by Crippen LogP contribution is -2.34. The average molecular weight is 184 g/mol. The van der Waals surface area contributed by atoms with Crippen LogP contribution < -0.4 is 0 Å². The zero-order chi connectivity index (χ0) is 8.55. The van der Waals surface area contributed by atoms with Crippen molar-refractivity contribution in [2.75, 3.05) is 6.54 Å². The molecule has 0 bridgehead atoms. The van der Waals surface area contributed by atoms with Gasteiger partial charge in [0.2, 0.25) is 5.91 Å². The summed E-state index contributed by atoms with van der Waals surface area (Å²) in [5.74, 6) is 0.481. The third kappa shape index (κ3) is 1.25. The summed E-state index contributed by atoms with van der Waals surface area (Å²) >= 11 is 5.65. The van der Waals surface area contributed by atoms with Crippen molar-refractivity contribution in [1.29, 1.82) is 0 Å². The third-order valence-corrected chi connectivity index (χ3v) is 1.83. The minimum Gasteiger partial charge on any atom is -0.272 e. The number of aliphatic imine (C=N–C) groups is 1. The first kappa shape index (κ1) is 7.49. The van der Waals surface area contributed by atoms with E-state index in [-0.39, 0.29) is 5.91 Å². The highest BCUT2D eigenvalue weighted by atomic mass is 35.5. The zero-order valence-electron chi connectivity index (χ0n) is 6.20. The molecule has 12 heavy (non-hydrogen) atoms. The first-order valence-corrected chi connectivity index (χ1v) is 3.95. The van der Waals surface area contributed by atoms with E-state index in [4.69, 9.17) is 11.6 Å². The maximum atomic E-state index is 10.9. The number of carbonyl (C=O) groups is 1. The van der Waals surface area contributed by atoms with Gasteiger partial charge in [0.15, 0.2) is 5.84 Å². The number of nitrogens with zero attached hydrogens (tertiary/aromatic N) is 3. The molecule has 0 aliphatic carbocycles. The van der Waals surface area contributed by atoms with E-state index < -0.39 is 0 Å². The largest absolute Gasteiger partial charge is 0.272 e. The molecule has 0 unspecified atom stereocenters. The molecule has 2 aliphatic rings. The van der Waals surface area contributed by atoms with E-state index in [0.717, 1.165) is 0 Å². The van der Waals surface area contributed by atoms with Crippen LogP contribution in [0.25, 0.3) is 0 Å². The highest BCUT2D eigenvalue weighted by Crippen LogP contribution is 2.11. The maximum Gasteiger partial charge on any atom is 0.249 e. The van der Waals surface area contributed by atoms with Gasteiger partial charge in [0.1, 0.15) is 5.17 Å². The van der Waals surface area contributed by atoms with Crippen LogP contribution in [0.4, 0.5) is 0 Å². The van der Waals surface area contributed by atoms with Crippen LogP contribution in [0.3, 0.4) is 0 Å². The predicted octanol–water partition coefficient (Wildman–Crippen LogP) is 0.739. The number of hydrogen-bond acceptors (Lipinski definition) is 3. The number of hydrogen-bond donors (Lipinski definition) is 0. The summed E-state index contributed by atoms with van der Waals surface area (Å²) in [6.07, 6.45) is 3.72. The van der Waals surface area contributed by atoms with Crippen LogP contribution in [0.1, 0.15) is 6.42 Å². The molecule has 62 valence electrons. The molecule has 2 rings (SSSR count). The third-order valence-electron chi connectivity index (χ3n) is 1.63. The fraction of sp³-hybridized carbons (Fsp3) is 0.286. The Kier molecular flexibility index (Phi) is 1.69. The lowest BCUT2D eigenvalue weighted by Gasteiger charge is -2.23. The molecule has 0 aromatic heterocycles. The van der Waals surface area contributed by atoms with Gasteiger partial charge in [0.05, 0.1) is 6.54 Å². The van der Waals surface area contributed by atoms with Gasteiger partial charge in [-0.3, -0.25) is 4.79 Å². The quantitative estimate of drug-likeness (QED) is 0.556. The highest BCUT2D eigenvalue weighted by Gasteiger charge is 2.19. The second kappa shape index (κ2) is 2.71. The van der Waals surface area contributed by atoms with Gasteiger partial charge in [0.25, 0.3) is 0 Å². The van der Waals surface area contributed by atoms with Gasteiger partial charge in [-0.1, -0.05) is 11.6 Å². The summed E-state index contributed by atoms with van der Waals surface area (Å²) in [6.45, 7) is 0.568. The summed E-state index contributed by atoms with van der Waals surface area (Å²) in [5, 5.41) is 6.03. The van der Waals surface area contributed by atoms with E-state index in [1.54, 1.807) is 17.2 Å². The summed E-state index contributed by atoms with van der Waals surface area (Å²) < 4.78 is 0. The fourth-order valence-corrected chi connectivity index (χ4v) is 1.23. The van der Waals surface area contributed by atoms with E-state index in [2.05, 4.69) is 10.1 Å². The Labute approximate surface area is 74.2 Å².